The number of H-pyrrole nitrogens is 1. The molecule has 0 aliphatic rings. The Labute approximate surface area is 129 Å². The van der Waals surface area contributed by atoms with E-state index in [4.69, 9.17) is 16.7 Å². The molecule has 0 radical (unpaired) electrons. The predicted molar refractivity (Wildman–Crippen MR) is 84.1 cm³/mol. The summed E-state index contributed by atoms with van der Waals surface area (Å²) in [5.41, 5.74) is 0.811. The Hall–Kier alpha value is -2.86. The smallest absolute Gasteiger partial charge is 0.335 e. The van der Waals surface area contributed by atoms with E-state index in [0.29, 0.717) is 21.6 Å². The highest BCUT2D eigenvalue weighted by Gasteiger charge is 2.07. The van der Waals surface area contributed by atoms with E-state index in [-0.39, 0.29) is 17.1 Å². The van der Waals surface area contributed by atoms with Crippen LogP contribution in [0.2, 0.25) is 5.02 Å². The molecule has 0 saturated heterocycles. The molecule has 0 bridgehead atoms. The Morgan fingerprint density at radius 3 is 2.82 bits per heavy atom. The quantitative estimate of drug-likeness (QED) is 0.690. The first-order valence-corrected chi connectivity index (χ1v) is 6.71. The van der Waals surface area contributed by atoms with Crippen LogP contribution in [0.25, 0.3) is 10.9 Å². The number of fused-ring (bicyclic) bond motifs is 1. The van der Waals surface area contributed by atoms with E-state index >= 15 is 0 Å². The molecule has 1 aromatic heterocycles. The standard InChI is InChI=1S/C15H10ClN3O3/c16-9-4-5-12-11(7-9)13(20)19-15(18-12)17-10-3-1-2-8(6-10)14(21)22/h1-7H,(H,21,22)(H2,17,18,19,20). The number of hydrogen-bond acceptors (Lipinski definition) is 4. The molecule has 3 aromatic rings. The molecule has 110 valence electrons. The first kappa shape index (κ1) is 14.1. The summed E-state index contributed by atoms with van der Waals surface area (Å²) in [4.78, 5) is 29.8. The Bertz CT molecular complexity index is 937. The van der Waals surface area contributed by atoms with Gasteiger partial charge in [0.1, 0.15) is 0 Å². The second-order valence-corrected chi connectivity index (χ2v) is 5.02. The van der Waals surface area contributed by atoms with Crippen molar-refractivity contribution < 1.29 is 9.90 Å². The second kappa shape index (κ2) is 5.50. The zero-order chi connectivity index (χ0) is 15.7. The van der Waals surface area contributed by atoms with Gasteiger partial charge >= 0.3 is 5.97 Å². The minimum atomic E-state index is -1.03. The van der Waals surface area contributed by atoms with Gasteiger partial charge in [0, 0.05) is 10.7 Å². The number of nitrogens with one attached hydrogen (secondary N) is 2. The van der Waals surface area contributed by atoms with Gasteiger partial charge in [-0.15, -0.1) is 0 Å². The number of carbonyl (C=O) groups is 1. The van der Waals surface area contributed by atoms with Crippen molar-refractivity contribution in [2.45, 2.75) is 0 Å². The van der Waals surface area contributed by atoms with Crippen LogP contribution in [0.4, 0.5) is 11.6 Å². The topological polar surface area (TPSA) is 95.1 Å². The van der Waals surface area contributed by atoms with E-state index in [1.807, 2.05) is 0 Å². The number of benzene rings is 2. The summed E-state index contributed by atoms with van der Waals surface area (Å²) in [5, 5.41) is 12.7. The fraction of sp³-hybridized carbons (Fsp3) is 0. The number of aromatic carboxylic acids is 1. The predicted octanol–water partition coefficient (Wildman–Crippen LogP) is 3.02. The molecule has 0 saturated carbocycles. The van der Waals surface area contributed by atoms with Crippen LogP contribution in [0.1, 0.15) is 10.4 Å². The van der Waals surface area contributed by atoms with Crippen molar-refractivity contribution in [2.75, 3.05) is 5.32 Å². The molecule has 0 fully saturated rings. The summed E-state index contributed by atoms with van der Waals surface area (Å²) in [6.07, 6.45) is 0. The minimum absolute atomic E-state index is 0.139. The maximum absolute atomic E-state index is 12.0. The van der Waals surface area contributed by atoms with E-state index in [1.54, 1.807) is 24.3 Å². The largest absolute Gasteiger partial charge is 0.478 e. The third-order valence-corrected chi connectivity index (χ3v) is 3.27. The Balaban J connectivity index is 2.01. The lowest BCUT2D eigenvalue weighted by Gasteiger charge is -2.07. The van der Waals surface area contributed by atoms with Crippen molar-refractivity contribution in [1.82, 2.24) is 9.97 Å². The first-order chi connectivity index (χ1) is 10.5. The summed E-state index contributed by atoms with van der Waals surface area (Å²) in [6.45, 7) is 0. The summed E-state index contributed by atoms with van der Waals surface area (Å²) in [6, 6.07) is 11.0. The van der Waals surface area contributed by atoms with E-state index in [0.717, 1.165) is 0 Å². The first-order valence-electron chi connectivity index (χ1n) is 6.33. The van der Waals surface area contributed by atoms with Gasteiger partial charge in [-0.3, -0.25) is 9.78 Å². The summed E-state index contributed by atoms with van der Waals surface area (Å²) >= 11 is 5.86. The molecule has 7 heteroatoms. The van der Waals surface area contributed by atoms with Crippen molar-refractivity contribution in [3.05, 3.63) is 63.4 Å². The van der Waals surface area contributed by atoms with Gasteiger partial charge in [-0.2, -0.15) is 0 Å². The third-order valence-electron chi connectivity index (χ3n) is 3.04. The van der Waals surface area contributed by atoms with Crippen molar-refractivity contribution in [3.8, 4) is 0 Å². The number of aromatic nitrogens is 2. The second-order valence-electron chi connectivity index (χ2n) is 4.59. The number of aromatic amines is 1. The summed E-state index contributed by atoms with van der Waals surface area (Å²) < 4.78 is 0. The maximum atomic E-state index is 12.0. The van der Waals surface area contributed by atoms with Crippen LogP contribution in [0.5, 0.6) is 0 Å². The van der Waals surface area contributed by atoms with Gasteiger partial charge in [0.05, 0.1) is 16.5 Å². The van der Waals surface area contributed by atoms with Gasteiger partial charge in [-0.1, -0.05) is 17.7 Å². The number of halogens is 1. The molecule has 3 N–H and O–H groups in total. The van der Waals surface area contributed by atoms with Crippen molar-refractivity contribution >= 4 is 40.1 Å². The lowest BCUT2D eigenvalue weighted by Crippen LogP contribution is -2.11. The third kappa shape index (κ3) is 2.77. The number of rotatable bonds is 3. The maximum Gasteiger partial charge on any atom is 0.335 e. The molecular weight excluding hydrogens is 306 g/mol. The Morgan fingerprint density at radius 2 is 2.05 bits per heavy atom. The SMILES string of the molecule is O=C(O)c1cccc(Nc2nc3ccc(Cl)cc3c(=O)[nH]2)c1. The Morgan fingerprint density at radius 1 is 1.23 bits per heavy atom. The highest BCUT2D eigenvalue weighted by molar-refractivity contribution is 6.31. The lowest BCUT2D eigenvalue weighted by molar-refractivity contribution is 0.0697. The number of carboxylic acids is 1. The number of nitrogens with zero attached hydrogens (tertiary/aromatic N) is 1. The molecule has 0 aliphatic heterocycles. The normalized spacial score (nSPS) is 10.6. The van der Waals surface area contributed by atoms with Crippen LogP contribution in [0, 0.1) is 0 Å². The average molecular weight is 316 g/mol. The molecule has 0 spiro atoms. The van der Waals surface area contributed by atoms with Crippen LogP contribution < -0.4 is 10.9 Å². The van der Waals surface area contributed by atoms with Crippen molar-refractivity contribution in [1.29, 1.82) is 0 Å². The van der Waals surface area contributed by atoms with Gasteiger partial charge in [0.2, 0.25) is 5.95 Å². The fourth-order valence-corrected chi connectivity index (χ4v) is 2.21. The zero-order valence-corrected chi connectivity index (χ0v) is 11.9. The summed E-state index contributed by atoms with van der Waals surface area (Å²) in [5.74, 6) is -0.805. The molecule has 3 rings (SSSR count). The van der Waals surface area contributed by atoms with E-state index < -0.39 is 5.97 Å². The zero-order valence-electron chi connectivity index (χ0n) is 11.1. The van der Waals surface area contributed by atoms with Gasteiger partial charge < -0.3 is 10.4 Å². The minimum Gasteiger partial charge on any atom is -0.478 e. The average Bonchev–Trinajstić information content (AvgIpc) is 2.48. The fourth-order valence-electron chi connectivity index (χ4n) is 2.04. The van der Waals surface area contributed by atoms with E-state index in [1.165, 1.54) is 18.2 Å². The van der Waals surface area contributed by atoms with E-state index in [2.05, 4.69) is 15.3 Å². The van der Waals surface area contributed by atoms with Crippen LogP contribution in [-0.2, 0) is 0 Å². The summed E-state index contributed by atoms with van der Waals surface area (Å²) in [7, 11) is 0. The van der Waals surface area contributed by atoms with Crippen LogP contribution in [0.15, 0.2) is 47.3 Å². The molecular formula is C15H10ClN3O3. The molecule has 0 atom stereocenters. The van der Waals surface area contributed by atoms with Crippen molar-refractivity contribution in [2.24, 2.45) is 0 Å². The molecule has 0 unspecified atom stereocenters. The number of carboxylic acid groups (broad SMARTS) is 1. The number of hydrogen-bond donors (Lipinski definition) is 3. The van der Waals surface area contributed by atoms with Crippen LogP contribution >= 0.6 is 11.6 Å². The van der Waals surface area contributed by atoms with Crippen LogP contribution in [0.3, 0.4) is 0 Å². The molecule has 2 aromatic carbocycles. The Kier molecular flexibility index (Phi) is 3.52. The van der Waals surface area contributed by atoms with Crippen LogP contribution in [-0.4, -0.2) is 21.0 Å². The molecule has 6 nitrogen and oxygen atoms in total. The van der Waals surface area contributed by atoms with Gasteiger partial charge in [0.25, 0.3) is 5.56 Å². The highest BCUT2D eigenvalue weighted by atomic mass is 35.5. The molecule has 1 heterocycles. The lowest BCUT2D eigenvalue weighted by atomic mass is 10.2. The highest BCUT2D eigenvalue weighted by Crippen LogP contribution is 2.18. The molecule has 22 heavy (non-hydrogen) atoms. The van der Waals surface area contributed by atoms with E-state index in [9.17, 15) is 9.59 Å². The van der Waals surface area contributed by atoms with Gasteiger partial charge in [0.15, 0.2) is 0 Å². The van der Waals surface area contributed by atoms with Gasteiger partial charge in [-0.05, 0) is 36.4 Å². The monoisotopic (exact) mass is 315 g/mol. The molecule has 0 amide bonds. The number of anilines is 2. The van der Waals surface area contributed by atoms with Gasteiger partial charge in [-0.25, -0.2) is 9.78 Å². The molecule has 0 aliphatic carbocycles. The van der Waals surface area contributed by atoms with Crippen molar-refractivity contribution in [3.63, 3.8) is 0 Å².